The van der Waals surface area contributed by atoms with Gasteiger partial charge in [0.05, 0.1) is 40.3 Å². The molecule has 4 N–H and O–H groups in total. The van der Waals surface area contributed by atoms with Gasteiger partial charge in [0, 0.05) is 54.4 Å². The topological polar surface area (TPSA) is 205 Å². The smallest absolute Gasteiger partial charge is 0.348 e. The van der Waals surface area contributed by atoms with Gasteiger partial charge in [-0.05, 0) is 98.0 Å². The Labute approximate surface area is 364 Å². The van der Waals surface area contributed by atoms with Crippen LogP contribution in [0.5, 0.6) is 17.2 Å². The van der Waals surface area contributed by atoms with Crippen molar-refractivity contribution in [2.24, 2.45) is 0 Å². The molecule has 330 valence electrons. The van der Waals surface area contributed by atoms with Gasteiger partial charge in [-0.2, -0.15) is 5.10 Å². The number of hydrogen-bond donors (Lipinski definition) is 4. The van der Waals surface area contributed by atoms with Gasteiger partial charge in [0.2, 0.25) is 0 Å². The number of benzene rings is 3. The van der Waals surface area contributed by atoms with Crippen LogP contribution < -0.4 is 16.1 Å². The number of likely N-dealkylation sites (N-methyl/N-ethyl adjacent to an activating group) is 1. The summed E-state index contributed by atoms with van der Waals surface area (Å²) in [6, 6.07) is 17.6. The first-order valence-corrected chi connectivity index (χ1v) is 21.2. The zero-order valence-electron chi connectivity index (χ0n) is 36.3. The number of carbonyl (C=O) groups is 2. The Bertz CT molecular complexity index is 2790. The summed E-state index contributed by atoms with van der Waals surface area (Å²) in [5, 5.41) is 38.0. The fourth-order valence-corrected chi connectivity index (χ4v) is 8.60. The summed E-state index contributed by atoms with van der Waals surface area (Å²) >= 11 is 0. The maximum absolute atomic E-state index is 13.5. The van der Waals surface area contributed by atoms with Gasteiger partial charge < -0.3 is 39.2 Å². The molecule has 2 aliphatic rings. The standard InChI is InChI=1S/C24H24N2O6.C23H29N5O3/c1-4-15-16-8-14(29)6-7-20(16)25-22-17(15)10-26-21(22)9-19(24(3,5-2)32-13-28)18(23(26)30)11-31-12-27;1-4-26-9-11-27(12-10-26)16-5-7-17(8-6-16)28-22(24-25-23(28)31)19-13-18(15(2)3)20(29)14-21(19)30/h6-9,12-13,29H,4-5,10-11H2,1-3H3;5-8,13-15,29-30H,4,9-12H2,1-3H3,(H,25,31). The summed E-state index contributed by atoms with van der Waals surface area (Å²) < 4.78 is 13.4. The maximum atomic E-state index is 13.5. The normalized spacial score (nSPS) is 14.4. The minimum absolute atomic E-state index is 0.0215. The number of nitrogens with one attached hydrogen (secondary N) is 1. The fraction of sp³-hybridized carbons (Fsp3) is 0.362. The van der Waals surface area contributed by atoms with E-state index in [0.717, 1.165) is 60.4 Å². The van der Waals surface area contributed by atoms with Crippen LogP contribution in [-0.4, -0.2) is 90.2 Å². The molecule has 0 spiro atoms. The minimum atomic E-state index is -1.07. The lowest BCUT2D eigenvalue weighted by Crippen LogP contribution is -2.46. The highest BCUT2D eigenvalue weighted by Gasteiger charge is 2.35. The van der Waals surface area contributed by atoms with Crippen LogP contribution in [0.25, 0.3) is 39.4 Å². The Kier molecular flexibility index (Phi) is 12.7. The lowest BCUT2D eigenvalue weighted by molar-refractivity contribution is -0.143. The number of aromatic nitrogens is 5. The zero-order valence-corrected chi connectivity index (χ0v) is 36.3. The Morgan fingerprint density at radius 1 is 0.873 bits per heavy atom. The molecular weight excluding hydrogens is 807 g/mol. The first kappa shape index (κ1) is 44.1. The van der Waals surface area contributed by atoms with Crippen molar-refractivity contribution >= 4 is 29.5 Å². The van der Waals surface area contributed by atoms with Crippen LogP contribution in [0, 0.1) is 0 Å². The molecule has 1 atom stereocenters. The second kappa shape index (κ2) is 18.2. The van der Waals surface area contributed by atoms with Crippen LogP contribution in [0.3, 0.4) is 0 Å². The highest BCUT2D eigenvalue weighted by atomic mass is 16.5. The monoisotopic (exact) mass is 859 g/mol. The van der Waals surface area contributed by atoms with E-state index in [-0.39, 0.29) is 47.4 Å². The first-order valence-electron chi connectivity index (χ1n) is 21.2. The largest absolute Gasteiger partial charge is 0.508 e. The van der Waals surface area contributed by atoms with Gasteiger partial charge >= 0.3 is 5.69 Å². The van der Waals surface area contributed by atoms with Crippen molar-refractivity contribution in [2.45, 2.75) is 79.1 Å². The number of carbonyl (C=O) groups excluding carboxylic acids is 2. The molecule has 0 bridgehead atoms. The molecule has 0 aliphatic carbocycles. The minimum Gasteiger partial charge on any atom is -0.508 e. The maximum Gasteiger partial charge on any atom is 0.348 e. The summed E-state index contributed by atoms with van der Waals surface area (Å²) in [6.07, 6.45) is 1.11. The molecule has 16 heteroatoms. The predicted octanol–water partition coefficient (Wildman–Crippen LogP) is 6.07. The molecule has 0 saturated carbocycles. The molecule has 3 aromatic carbocycles. The summed E-state index contributed by atoms with van der Waals surface area (Å²) in [5.74, 6) is 0.391. The molecule has 63 heavy (non-hydrogen) atoms. The number of rotatable bonds is 13. The number of piperazine rings is 1. The number of hydrogen-bond acceptors (Lipinski definition) is 13. The van der Waals surface area contributed by atoms with E-state index in [2.05, 4.69) is 26.9 Å². The summed E-state index contributed by atoms with van der Waals surface area (Å²) in [5.41, 5.74) is 5.76. The SMILES string of the molecule is CCN1CCN(c2ccc(-n3c(-c4cc(C(C)C)c(O)cc4O)n[nH]c3=O)cc2)CC1.CCc1c2c(nc3ccc(O)cc13)-c1cc(C(C)(CC)OC=O)c(COC=O)c(=O)n1C2. The lowest BCUT2D eigenvalue weighted by atomic mass is 9.89. The van der Waals surface area contributed by atoms with Crippen molar-refractivity contribution in [1.29, 1.82) is 0 Å². The van der Waals surface area contributed by atoms with E-state index in [0.29, 0.717) is 65.4 Å². The van der Waals surface area contributed by atoms with Crippen LogP contribution in [0.4, 0.5) is 5.69 Å². The van der Waals surface area contributed by atoms with Crippen molar-refractivity contribution in [3.05, 3.63) is 109 Å². The van der Waals surface area contributed by atoms with E-state index < -0.39 is 11.3 Å². The summed E-state index contributed by atoms with van der Waals surface area (Å²) in [7, 11) is 0. The van der Waals surface area contributed by atoms with Crippen LogP contribution in [0.1, 0.15) is 81.7 Å². The average molecular weight is 860 g/mol. The molecule has 2 aliphatic heterocycles. The van der Waals surface area contributed by atoms with Crippen LogP contribution >= 0.6 is 0 Å². The number of aromatic amines is 1. The number of H-pyrrole nitrogens is 1. The third kappa shape index (κ3) is 8.37. The van der Waals surface area contributed by atoms with Crippen molar-refractivity contribution in [1.82, 2.24) is 29.2 Å². The predicted molar refractivity (Wildman–Crippen MR) is 239 cm³/mol. The van der Waals surface area contributed by atoms with Crippen molar-refractivity contribution in [2.75, 3.05) is 37.6 Å². The molecule has 3 aromatic heterocycles. The molecular formula is C47H53N7O9. The number of aryl methyl sites for hydroxylation is 1. The third-order valence-electron chi connectivity index (χ3n) is 12.3. The van der Waals surface area contributed by atoms with Crippen LogP contribution in [-0.2, 0) is 44.2 Å². The van der Waals surface area contributed by atoms with E-state index in [1.54, 1.807) is 35.8 Å². The van der Waals surface area contributed by atoms with Gasteiger partial charge in [-0.3, -0.25) is 14.4 Å². The highest BCUT2D eigenvalue weighted by Crippen LogP contribution is 2.41. The Hall–Kier alpha value is -6.94. The molecule has 1 unspecified atom stereocenters. The fourth-order valence-electron chi connectivity index (χ4n) is 8.60. The third-order valence-corrected chi connectivity index (χ3v) is 12.3. The van der Waals surface area contributed by atoms with Gasteiger partial charge in [-0.25, -0.2) is 19.4 Å². The Morgan fingerprint density at radius 3 is 2.22 bits per heavy atom. The molecule has 16 nitrogen and oxygen atoms in total. The summed E-state index contributed by atoms with van der Waals surface area (Å²) in [4.78, 5) is 57.7. The van der Waals surface area contributed by atoms with Gasteiger partial charge in [-0.1, -0.05) is 34.6 Å². The van der Waals surface area contributed by atoms with Gasteiger partial charge in [0.25, 0.3) is 18.5 Å². The second-order valence-electron chi connectivity index (χ2n) is 16.2. The average Bonchev–Trinajstić information content (AvgIpc) is 3.85. The van der Waals surface area contributed by atoms with Crippen molar-refractivity contribution < 1.29 is 34.4 Å². The molecule has 1 fully saturated rings. The van der Waals surface area contributed by atoms with Gasteiger partial charge in [-0.15, -0.1) is 0 Å². The number of aromatic hydroxyl groups is 3. The van der Waals surface area contributed by atoms with Gasteiger partial charge in [0.1, 0.15) is 29.5 Å². The number of phenolic OH excluding ortho intramolecular Hbond substituents is 3. The van der Waals surface area contributed by atoms with Crippen LogP contribution in [0.15, 0.2) is 70.3 Å². The van der Waals surface area contributed by atoms with Gasteiger partial charge in [0.15, 0.2) is 5.82 Å². The molecule has 5 heterocycles. The van der Waals surface area contributed by atoms with Crippen LogP contribution in [0.2, 0.25) is 0 Å². The Balaban J connectivity index is 0.000000189. The zero-order chi connectivity index (χ0) is 45.2. The molecule has 1 saturated heterocycles. The van der Waals surface area contributed by atoms with E-state index in [1.165, 1.54) is 10.6 Å². The quantitative estimate of drug-likeness (QED) is 0.0974. The number of pyridine rings is 2. The lowest BCUT2D eigenvalue weighted by Gasteiger charge is -2.35. The number of ether oxygens (including phenoxy) is 2. The van der Waals surface area contributed by atoms with E-state index >= 15 is 0 Å². The number of anilines is 1. The van der Waals surface area contributed by atoms with Crippen molar-refractivity contribution in [3.8, 4) is 45.7 Å². The van der Waals surface area contributed by atoms with Crippen molar-refractivity contribution in [3.63, 3.8) is 0 Å². The molecule has 8 rings (SSSR count). The number of phenols is 3. The van der Waals surface area contributed by atoms with E-state index in [1.807, 2.05) is 58.0 Å². The second-order valence-corrected chi connectivity index (χ2v) is 16.2. The molecule has 0 amide bonds. The molecule has 0 radical (unpaired) electrons. The van der Waals surface area contributed by atoms with E-state index in [9.17, 15) is 34.5 Å². The number of fused-ring (bicyclic) bond motifs is 4. The first-order chi connectivity index (χ1) is 30.3. The summed E-state index contributed by atoms with van der Waals surface area (Å²) in [6.45, 7) is 17.5. The highest BCUT2D eigenvalue weighted by molar-refractivity contribution is 5.89. The number of nitrogens with zero attached hydrogens (tertiary/aromatic N) is 6. The van der Waals surface area contributed by atoms with E-state index in [4.69, 9.17) is 14.5 Å². The Morgan fingerprint density at radius 2 is 1.59 bits per heavy atom. The molecule has 6 aromatic rings.